The first-order valence-electron chi connectivity index (χ1n) is 8.28. The van der Waals surface area contributed by atoms with Crippen molar-refractivity contribution < 1.29 is 13.6 Å². The summed E-state index contributed by atoms with van der Waals surface area (Å²) in [6, 6.07) is 6.11. The number of halogens is 1. The van der Waals surface area contributed by atoms with E-state index in [0.717, 1.165) is 43.6 Å². The fraction of sp³-hybridized carbons (Fsp3) is 0.278. The first kappa shape index (κ1) is 15.6. The number of hydrogen-bond donors (Lipinski definition) is 1. The van der Waals surface area contributed by atoms with E-state index in [1.54, 1.807) is 12.1 Å². The number of anilines is 1. The Balaban J connectivity index is 1.66. The van der Waals surface area contributed by atoms with E-state index < -0.39 is 11.7 Å². The molecule has 6 nitrogen and oxygen atoms in total. The first-order chi connectivity index (χ1) is 12.2. The molecule has 128 valence electrons. The number of nitrogens with zero attached hydrogens (tertiary/aromatic N) is 3. The van der Waals surface area contributed by atoms with Gasteiger partial charge in [-0.2, -0.15) is 0 Å². The molecule has 0 saturated carbocycles. The highest BCUT2D eigenvalue weighted by Gasteiger charge is 2.18. The van der Waals surface area contributed by atoms with Gasteiger partial charge >= 0.3 is 0 Å². The third-order valence-corrected chi connectivity index (χ3v) is 4.37. The van der Waals surface area contributed by atoms with E-state index in [9.17, 15) is 9.18 Å². The van der Waals surface area contributed by atoms with Gasteiger partial charge in [0.05, 0.1) is 17.5 Å². The van der Waals surface area contributed by atoms with Crippen molar-refractivity contribution in [1.82, 2.24) is 14.8 Å². The molecule has 0 spiro atoms. The van der Waals surface area contributed by atoms with E-state index >= 15 is 0 Å². The normalized spacial score (nSPS) is 14.0. The minimum Gasteiger partial charge on any atom is -0.472 e. The molecular weight excluding hydrogens is 323 g/mol. The molecule has 3 aromatic rings. The molecule has 1 aromatic carbocycles. The Kier molecular flexibility index (Phi) is 4.05. The lowest BCUT2D eigenvalue weighted by atomic mass is 10.1. The van der Waals surface area contributed by atoms with Crippen molar-refractivity contribution in [2.45, 2.75) is 32.2 Å². The van der Waals surface area contributed by atoms with Gasteiger partial charge in [-0.15, -0.1) is 10.2 Å². The van der Waals surface area contributed by atoms with Crippen molar-refractivity contribution in [3.63, 3.8) is 0 Å². The molecule has 1 aliphatic heterocycles. The minimum absolute atomic E-state index is 0.106. The second-order valence-electron chi connectivity index (χ2n) is 6.06. The van der Waals surface area contributed by atoms with Crippen LogP contribution in [0.3, 0.4) is 0 Å². The van der Waals surface area contributed by atoms with Gasteiger partial charge in [-0.25, -0.2) is 4.39 Å². The number of nitrogens with one attached hydrogen (secondary N) is 1. The minimum atomic E-state index is -0.504. The number of hydrogen-bond acceptors (Lipinski definition) is 4. The zero-order chi connectivity index (χ0) is 17.2. The maximum atomic E-state index is 14.1. The van der Waals surface area contributed by atoms with Gasteiger partial charge in [0.25, 0.3) is 5.91 Å². The predicted molar refractivity (Wildman–Crippen MR) is 89.6 cm³/mol. The second kappa shape index (κ2) is 6.51. The molecule has 1 amide bonds. The molecule has 7 heteroatoms. The summed E-state index contributed by atoms with van der Waals surface area (Å²) in [6.07, 6.45) is 6.95. The Morgan fingerprint density at radius 2 is 2.12 bits per heavy atom. The lowest BCUT2D eigenvalue weighted by molar-refractivity contribution is 0.102. The summed E-state index contributed by atoms with van der Waals surface area (Å²) in [5.74, 6) is 0.734. The van der Waals surface area contributed by atoms with Crippen LogP contribution in [0.4, 0.5) is 10.1 Å². The standard InChI is InChI=1S/C18H17FN4O2/c19-14-6-5-12(10-15(14)20-18(24)13-7-9-25-11-13)17-22-21-16-4-2-1-3-8-23(16)17/h5-7,9-11H,1-4,8H2,(H,20,24). The average Bonchev–Trinajstić information content (AvgIpc) is 3.23. The number of fused-ring (bicyclic) bond motifs is 1. The van der Waals surface area contributed by atoms with Crippen molar-refractivity contribution in [2.75, 3.05) is 5.32 Å². The van der Waals surface area contributed by atoms with Crippen molar-refractivity contribution in [1.29, 1.82) is 0 Å². The Morgan fingerprint density at radius 1 is 1.20 bits per heavy atom. The highest BCUT2D eigenvalue weighted by atomic mass is 19.1. The third-order valence-electron chi connectivity index (χ3n) is 4.37. The van der Waals surface area contributed by atoms with Crippen LogP contribution < -0.4 is 5.32 Å². The molecule has 2 aromatic heterocycles. The number of amides is 1. The highest BCUT2D eigenvalue weighted by Crippen LogP contribution is 2.26. The van der Waals surface area contributed by atoms with E-state index in [-0.39, 0.29) is 5.69 Å². The molecule has 0 saturated heterocycles. The zero-order valence-corrected chi connectivity index (χ0v) is 13.5. The Bertz CT molecular complexity index is 902. The number of carbonyl (C=O) groups excluding carboxylic acids is 1. The van der Waals surface area contributed by atoms with Crippen LogP contribution in [-0.2, 0) is 13.0 Å². The van der Waals surface area contributed by atoms with Crippen LogP contribution in [0.25, 0.3) is 11.4 Å². The maximum absolute atomic E-state index is 14.1. The lowest BCUT2D eigenvalue weighted by Gasteiger charge is -2.10. The van der Waals surface area contributed by atoms with E-state index in [2.05, 4.69) is 20.1 Å². The van der Waals surface area contributed by atoms with Gasteiger partial charge in [-0.1, -0.05) is 6.42 Å². The lowest BCUT2D eigenvalue weighted by Crippen LogP contribution is -2.12. The molecule has 0 unspecified atom stereocenters. The van der Waals surface area contributed by atoms with E-state index in [0.29, 0.717) is 11.4 Å². The monoisotopic (exact) mass is 340 g/mol. The summed E-state index contributed by atoms with van der Waals surface area (Å²) in [6.45, 7) is 0.853. The number of aromatic nitrogens is 3. The molecule has 0 aliphatic carbocycles. The van der Waals surface area contributed by atoms with Crippen molar-refractivity contribution >= 4 is 11.6 Å². The summed E-state index contributed by atoms with van der Waals surface area (Å²) >= 11 is 0. The third kappa shape index (κ3) is 3.05. The summed E-state index contributed by atoms with van der Waals surface area (Å²) in [5, 5.41) is 11.1. The number of benzene rings is 1. The van der Waals surface area contributed by atoms with Crippen molar-refractivity contribution in [3.8, 4) is 11.4 Å². The van der Waals surface area contributed by atoms with Crippen LogP contribution in [0.2, 0.25) is 0 Å². The Morgan fingerprint density at radius 3 is 2.96 bits per heavy atom. The number of carbonyl (C=O) groups is 1. The molecule has 0 bridgehead atoms. The smallest absolute Gasteiger partial charge is 0.258 e. The van der Waals surface area contributed by atoms with Gasteiger partial charge in [0.2, 0.25) is 0 Å². The molecule has 0 atom stereocenters. The fourth-order valence-corrected chi connectivity index (χ4v) is 3.05. The fourth-order valence-electron chi connectivity index (χ4n) is 3.05. The Hall–Kier alpha value is -2.96. The molecule has 1 aliphatic rings. The summed E-state index contributed by atoms with van der Waals surface area (Å²) in [7, 11) is 0. The molecule has 0 fully saturated rings. The van der Waals surface area contributed by atoms with Crippen LogP contribution in [0, 0.1) is 5.82 Å². The molecular formula is C18H17FN4O2. The zero-order valence-electron chi connectivity index (χ0n) is 13.5. The van der Waals surface area contributed by atoms with Gasteiger partial charge in [0.15, 0.2) is 5.82 Å². The molecule has 25 heavy (non-hydrogen) atoms. The highest BCUT2D eigenvalue weighted by molar-refractivity contribution is 6.04. The average molecular weight is 340 g/mol. The van der Waals surface area contributed by atoms with Crippen molar-refractivity contribution in [2.24, 2.45) is 0 Å². The van der Waals surface area contributed by atoms with Gasteiger partial charge in [-0.3, -0.25) is 4.79 Å². The van der Waals surface area contributed by atoms with Crippen LogP contribution in [0.5, 0.6) is 0 Å². The number of furan rings is 1. The van der Waals surface area contributed by atoms with E-state index in [4.69, 9.17) is 4.42 Å². The number of rotatable bonds is 3. The SMILES string of the molecule is O=C(Nc1cc(-c2nnc3n2CCCCC3)ccc1F)c1ccoc1. The summed E-state index contributed by atoms with van der Waals surface area (Å²) in [4.78, 5) is 12.1. The van der Waals surface area contributed by atoms with Gasteiger partial charge in [0.1, 0.15) is 17.9 Å². The van der Waals surface area contributed by atoms with Gasteiger partial charge in [0, 0.05) is 18.5 Å². The van der Waals surface area contributed by atoms with E-state index in [1.165, 1.54) is 24.7 Å². The van der Waals surface area contributed by atoms with Crippen LogP contribution in [0.1, 0.15) is 35.4 Å². The van der Waals surface area contributed by atoms with Crippen LogP contribution >= 0.6 is 0 Å². The first-order valence-corrected chi connectivity index (χ1v) is 8.28. The summed E-state index contributed by atoms with van der Waals surface area (Å²) in [5.41, 5.74) is 1.17. The largest absolute Gasteiger partial charge is 0.472 e. The maximum Gasteiger partial charge on any atom is 0.258 e. The van der Waals surface area contributed by atoms with Crippen LogP contribution in [-0.4, -0.2) is 20.7 Å². The Labute approximate surface area is 143 Å². The molecule has 1 N–H and O–H groups in total. The number of aryl methyl sites for hydroxylation is 1. The molecule has 4 rings (SSSR count). The predicted octanol–water partition coefficient (Wildman–Crippen LogP) is 3.66. The van der Waals surface area contributed by atoms with Crippen molar-refractivity contribution in [3.05, 3.63) is 54.0 Å². The molecule has 3 heterocycles. The quantitative estimate of drug-likeness (QED) is 0.790. The summed E-state index contributed by atoms with van der Waals surface area (Å²) < 4.78 is 21.1. The van der Waals surface area contributed by atoms with E-state index in [1.807, 2.05) is 0 Å². The second-order valence-corrected chi connectivity index (χ2v) is 6.06. The van der Waals surface area contributed by atoms with Gasteiger partial charge in [-0.05, 0) is 37.1 Å². The topological polar surface area (TPSA) is 73.0 Å². The molecule has 0 radical (unpaired) electrons. The van der Waals surface area contributed by atoms with Gasteiger partial charge < -0.3 is 14.3 Å². The van der Waals surface area contributed by atoms with Crippen LogP contribution in [0.15, 0.2) is 41.2 Å².